The topological polar surface area (TPSA) is 75.0 Å². The van der Waals surface area contributed by atoms with Gasteiger partial charge >= 0.3 is 6.18 Å². The third kappa shape index (κ3) is 3.66. The second-order valence-corrected chi connectivity index (χ2v) is 7.04. The first-order valence-corrected chi connectivity index (χ1v) is 9.23. The Labute approximate surface area is 178 Å². The summed E-state index contributed by atoms with van der Waals surface area (Å²) in [6.07, 6.45) is -1.86. The highest BCUT2D eigenvalue weighted by atomic mass is 35.5. The van der Waals surface area contributed by atoms with Crippen molar-refractivity contribution in [3.8, 4) is 5.69 Å². The Bertz CT molecular complexity index is 1330. The lowest BCUT2D eigenvalue weighted by Gasteiger charge is -2.12. The van der Waals surface area contributed by atoms with Gasteiger partial charge in [0.05, 0.1) is 27.6 Å². The lowest BCUT2D eigenvalue weighted by Crippen LogP contribution is -2.22. The summed E-state index contributed by atoms with van der Waals surface area (Å²) in [7, 11) is 0. The van der Waals surface area contributed by atoms with Gasteiger partial charge in [-0.2, -0.15) is 13.2 Å². The van der Waals surface area contributed by atoms with E-state index in [0.29, 0.717) is 22.8 Å². The molecule has 0 aliphatic carbocycles. The molecule has 31 heavy (non-hydrogen) atoms. The molecule has 0 N–H and O–H groups in total. The van der Waals surface area contributed by atoms with Crippen LogP contribution in [0.25, 0.3) is 16.6 Å². The number of rotatable bonds is 4. The number of hydrogen-bond acceptors (Lipinski definition) is 4. The van der Waals surface area contributed by atoms with Gasteiger partial charge in [0.15, 0.2) is 5.78 Å². The highest BCUT2D eigenvalue weighted by Crippen LogP contribution is 2.37. The Morgan fingerprint density at radius 1 is 1.00 bits per heavy atom. The van der Waals surface area contributed by atoms with Gasteiger partial charge in [0.1, 0.15) is 0 Å². The third-order valence-corrected chi connectivity index (χ3v) is 5.06. The maximum atomic E-state index is 13.5. The second kappa shape index (κ2) is 7.55. The summed E-state index contributed by atoms with van der Waals surface area (Å²) in [5.41, 5.74) is -0.865. The van der Waals surface area contributed by atoms with Crippen LogP contribution in [-0.2, 0) is 6.18 Å². The molecule has 0 unspecified atom stereocenters. The Morgan fingerprint density at radius 2 is 1.68 bits per heavy atom. The van der Waals surface area contributed by atoms with Gasteiger partial charge in [-0.3, -0.25) is 9.78 Å². The van der Waals surface area contributed by atoms with Crippen molar-refractivity contribution in [3.05, 3.63) is 94.4 Å². The minimum absolute atomic E-state index is 0.0122. The number of para-hydroxylation sites is 1. The van der Waals surface area contributed by atoms with Crippen LogP contribution in [0.3, 0.4) is 0 Å². The van der Waals surface area contributed by atoms with Crippen molar-refractivity contribution in [1.82, 2.24) is 9.55 Å². The molecule has 0 atom stereocenters. The van der Waals surface area contributed by atoms with Crippen LogP contribution in [0, 0.1) is 0 Å². The summed E-state index contributed by atoms with van der Waals surface area (Å²) in [6.45, 7) is 0. The molecule has 5 nitrogen and oxygen atoms in total. The van der Waals surface area contributed by atoms with E-state index in [9.17, 15) is 27.9 Å². The Hall–Kier alpha value is -3.65. The Morgan fingerprint density at radius 3 is 2.32 bits per heavy atom. The predicted octanol–water partition coefficient (Wildman–Crippen LogP) is 4.29. The highest BCUT2D eigenvalue weighted by molar-refractivity contribution is 6.35. The Kier molecular flexibility index (Phi) is 5.02. The van der Waals surface area contributed by atoms with E-state index in [2.05, 4.69) is 4.98 Å². The lowest BCUT2D eigenvalue weighted by molar-refractivity contribution is -0.255. The number of nitrogens with zero attached hydrogens (tertiary/aromatic N) is 2. The van der Waals surface area contributed by atoms with E-state index in [4.69, 9.17) is 11.6 Å². The van der Waals surface area contributed by atoms with Crippen molar-refractivity contribution in [2.45, 2.75) is 6.18 Å². The fourth-order valence-corrected chi connectivity index (χ4v) is 3.59. The molecular formula is C22H11ClF3N2O3-. The molecule has 0 spiro atoms. The normalized spacial score (nSPS) is 11.6. The van der Waals surface area contributed by atoms with Crippen LogP contribution in [0.15, 0.2) is 67.1 Å². The van der Waals surface area contributed by atoms with Gasteiger partial charge in [0.2, 0.25) is 0 Å². The average Bonchev–Trinajstić information content (AvgIpc) is 3.12. The molecule has 0 fully saturated rings. The monoisotopic (exact) mass is 443 g/mol. The van der Waals surface area contributed by atoms with Crippen LogP contribution in [0.4, 0.5) is 13.2 Å². The van der Waals surface area contributed by atoms with E-state index in [1.807, 2.05) is 0 Å². The average molecular weight is 444 g/mol. The molecule has 0 amide bonds. The van der Waals surface area contributed by atoms with E-state index >= 15 is 0 Å². The number of alkyl halides is 3. The van der Waals surface area contributed by atoms with Crippen molar-refractivity contribution < 1.29 is 27.9 Å². The molecule has 9 heteroatoms. The van der Waals surface area contributed by atoms with Crippen LogP contribution in [0.1, 0.15) is 31.8 Å². The number of carboxylic acids is 1. The molecule has 0 saturated heterocycles. The fourth-order valence-electron chi connectivity index (χ4n) is 3.35. The smallest absolute Gasteiger partial charge is 0.418 e. The number of carboxylic acid groups (broad SMARTS) is 1. The van der Waals surface area contributed by atoms with E-state index in [0.717, 1.165) is 6.20 Å². The van der Waals surface area contributed by atoms with Gasteiger partial charge in [-0.25, -0.2) is 0 Å². The number of pyridine rings is 1. The fraction of sp³-hybridized carbons (Fsp3) is 0.0455. The van der Waals surface area contributed by atoms with E-state index in [1.54, 1.807) is 28.8 Å². The van der Waals surface area contributed by atoms with Crippen LogP contribution in [0.5, 0.6) is 0 Å². The second-order valence-electron chi connectivity index (χ2n) is 6.64. The summed E-state index contributed by atoms with van der Waals surface area (Å²) in [6, 6.07) is 12.4. The first-order chi connectivity index (χ1) is 14.7. The van der Waals surface area contributed by atoms with Crippen molar-refractivity contribution in [3.63, 3.8) is 0 Å². The first kappa shape index (κ1) is 20.6. The predicted molar refractivity (Wildman–Crippen MR) is 105 cm³/mol. The molecule has 4 aromatic rings. The van der Waals surface area contributed by atoms with Crippen LogP contribution >= 0.6 is 11.6 Å². The van der Waals surface area contributed by atoms with E-state index in [1.165, 1.54) is 30.5 Å². The number of halogens is 4. The van der Waals surface area contributed by atoms with Crippen molar-refractivity contribution in [1.29, 1.82) is 0 Å². The summed E-state index contributed by atoms with van der Waals surface area (Å²) in [5, 5.41) is 11.0. The number of ketones is 1. The number of aromatic carboxylic acids is 1. The van der Waals surface area contributed by atoms with Gasteiger partial charge in [-0.05, 0) is 23.8 Å². The zero-order chi connectivity index (χ0) is 22.3. The lowest BCUT2D eigenvalue weighted by atomic mass is 9.99. The largest absolute Gasteiger partial charge is 0.545 e. The zero-order valence-electron chi connectivity index (χ0n) is 15.5. The van der Waals surface area contributed by atoms with Crippen molar-refractivity contribution in [2.24, 2.45) is 0 Å². The molecule has 4 rings (SSSR count). The van der Waals surface area contributed by atoms with Gasteiger partial charge in [0.25, 0.3) is 0 Å². The third-order valence-electron chi connectivity index (χ3n) is 4.77. The molecule has 156 valence electrons. The molecule has 2 aromatic heterocycles. The molecular weight excluding hydrogens is 433 g/mol. The molecule has 0 bridgehead atoms. The summed E-state index contributed by atoms with van der Waals surface area (Å²) in [4.78, 5) is 27.7. The first-order valence-electron chi connectivity index (χ1n) is 8.85. The van der Waals surface area contributed by atoms with Crippen LogP contribution in [0.2, 0.25) is 5.02 Å². The SMILES string of the molecule is O=C([O-])c1ccc(-n2cc(C(=O)c3c(Cl)cncc3C(F)(F)F)c3ccccc32)cc1. The van der Waals surface area contributed by atoms with E-state index < -0.39 is 34.1 Å². The van der Waals surface area contributed by atoms with Gasteiger partial charge in [-0.1, -0.05) is 41.9 Å². The Balaban J connectivity index is 1.91. The zero-order valence-corrected chi connectivity index (χ0v) is 16.2. The molecule has 0 aliphatic heterocycles. The quantitative estimate of drug-likeness (QED) is 0.441. The molecule has 2 heterocycles. The molecule has 2 aromatic carbocycles. The number of carbonyl (C=O) groups is 2. The van der Waals surface area contributed by atoms with Gasteiger partial charge < -0.3 is 14.5 Å². The maximum Gasteiger partial charge on any atom is 0.418 e. The molecule has 0 radical (unpaired) electrons. The molecule has 0 saturated carbocycles. The number of carbonyl (C=O) groups excluding carboxylic acids is 2. The highest BCUT2D eigenvalue weighted by Gasteiger charge is 2.37. The number of hydrogen-bond donors (Lipinski definition) is 0. The van der Waals surface area contributed by atoms with Crippen molar-refractivity contribution in [2.75, 3.05) is 0 Å². The number of benzene rings is 2. The summed E-state index contributed by atoms with van der Waals surface area (Å²) < 4.78 is 42.0. The van der Waals surface area contributed by atoms with E-state index in [-0.39, 0.29) is 11.1 Å². The molecule has 0 aliphatic rings. The van der Waals surface area contributed by atoms with Crippen LogP contribution < -0.4 is 5.11 Å². The standard InChI is InChI=1S/C22H12ClF3N2O3/c23-17-10-27-9-16(22(24,25)26)19(17)20(29)15-11-28(18-4-2-1-3-14(15)18)13-7-5-12(6-8-13)21(30)31/h1-11H,(H,30,31)/p-1. The minimum atomic E-state index is -4.82. The van der Waals surface area contributed by atoms with Crippen LogP contribution in [-0.4, -0.2) is 21.3 Å². The summed E-state index contributed by atoms with van der Waals surface area (Å²) >= 11 is 5.95. The minimum Gasteiger partial charge on any atom is -0.545 e. The maximum absolute atomic E-state index is 13.5. The number of fused-ring (bicyclic) bond motifs is 1. The van der Waals surface area contributed by atoms with Crippen molar-refractivity contribution >= 4 is 34.3 Å². The summed E-state index contributed by atoms with van der Waals surface area (Å²) in [5.74, 6) is -2.24. The number of aromatic nitrogens is 2. The van der Waals surface area contributed by atoms with Gasteiger partial charge in [0, 0.05) is 35.2 Å². The van der Waals surface area contributed by atoms with Gasteiger partial charge in [-0.15, -0.1) is 0 Å².